The molecule has 0 aromatic carbocycles. The Bertz CT molecular complexity index is 93.6. The van der Waals surface area contributed by atoms with Crippen molar-refractivity contribution in [2.45, 2.75) is 26.2 Å². The van der Waals surface area contributed by atoms with E-state index in [1.54, 1.807) is 0 Å². The molecule has 0 radical (unpaired) electrons. The molecule has 0 aromatic rings. The summed E-state index contributed by atoms with van der Waals surface area (Å²) < 4.78 is 0. The molecule has 0 spiro atoms. The largest absolute Gasteiger partial charge is 0.393 e. The fourth-order valence-corrected chi connectivity index (χ4v) is 1.81. The van der Waals surface area contributed by atoms with Gasteiger partial charge in [0.1, 0.15) is 0 Å². The van der Waals surface area contributed by atoms with Gasteiger partial charge in [-0.05, 0) is 17.9 Å². The molecule has 0 heterocycles. The number of thiocarbonyl (C=S) groups is 1. The van der Waals surface area contributed by atoms with Crippen molar-refractivity contribution < 1.29 is 0 Å². The first-order valence-electron chi connectivity index (χ1n) is 3.63. The number of rotatable bonds is 6. The Balaban J connectivity index is 2.84. The van der Waals surface area contributed by atoms with Crippen molar-refractivity contribution in [3.63, 3.8) is 0 Å². The number of thioether (sulfide) groups is 1. The van der Waals surface area contributed by atoms with Crippen molar-refractivity contribution in [3.8, 4) is 0 Å². The molecule has 0 fully saturated rings. The van der Waals surface area contributed by atoms with Crippen molar-refractivity contribution in [3.05, 3.63) is 0 Å². The summed E-state index contributed by atoms with van der Waals surface area (Å²) in [7, 11) is 0. The smallest absolute Gasteiger partial charge is 0.0735 e. The van der Waals surface area contributed by atoms with E-state index in [4.69, 9.17) is 18.0 Å². The Morgan fingerprint density at radius 1 is 1.50 bits per heavy atom. The molecule has 0 aliphatic rings. The SMILES string of the molecule is CCCCSCCC(N)=S. The Kier molecular flexibility index (Phi) is 7.52. The Labute approximate surface area is 72.8 Å². The summed E-state index contributed by atoms with van der Waals surface area (Å²) in [5.74, 6) is 2.34. The molecule has 2 N–H and O–H groups in total. The van der Waals surface area contributed by atoms with Gasteiger partial charge in [0.05, 0.1) is 4.99 Å². The van der Waals surface area contributed by atoms with Gasteiger partial charge < -0.3 is 5.73 Å². The number of nitrogens with two attached hydrogens (primary N) is 1. The van der Waals surface area contributed by atoms with Crippen LogP contribution in [0.25, 0.3) is 0 Å². The average molecular weight is 177 g/mol. The van der Waals surface area contributed by atoms with Crippen molar-refractivity contribution >= 4 is 29.0 Å². The number of unbranched alkanes of at least 4 members (excludes halogenated alkanes) is 1. The third kappa shape index (κ3) is 8.24. The van der Waals surface area contributed by atoms with Gasteiger partial charge in [-0.2, -0.15) is 11.8 Å². The number of hydrogen-bond donors (Lipinski definition) is 1. The van der Waals surface area contributed by atoms with Crippen molar-refractivity contribution in [2.75, 3.05) is 11.5 Å². The molecular weight excluding hydrogens is 162 g/mol. The zero-order valence-electron chi connectivity index (χ0n) is 6.43. The second kappa shape index (κ2) is 7.35. The van der Waals surface area contributed by atoms with Crippen LogP contribution in [0.15, 0.2) is 0 Å². The van der Waals surface area contributed by atoms with E-state index in [9.17, 15) is 0 Å². The Morgan fingerprint density at radius 2 is 2.20 bits per heavy atom. The highest BCUT2D eigenvalue weighted by molar-refractivity contribution is 7.99. The quantitative estimate of drug-likeness (QED) is 0.497. The topological polar surface area (TPSA) is 26.0 Å². The van der Waals surface area contributed by atoms with Gasteiger partial charge in [-0.15, -0.1) is 0 Å². The summed E-state index contributed by atoms with van der Waals surface area (Å²) in [6, 6.07) is 0. The van der Waals surface area contributed by atoms with Crippen LogP contribution in [-0.2, 0) is 0 Å². The van der Waals surface area contributed by atoms with Crippen LogP contribution in [0.3, 0.4) is 0 Å². The molecule has 0 aliphatic carbocycles. The van der Waals surface area contributed by atoms with E-state index < -0.39 is 0 Å². The molecule has 0 rings (SSSR count). The van der Waals surface area contributed by atoms with Crippen LogP contribution in [-0.4, -0.2) is 16.5 Å². The van der Waals surface area contributed by atoms with Crippen molar-refractivity contribution in [1.29, 1.82) is 0 Å². The summed E-state index contributed by atoms with van der Waals surface area (Å²) >= 11 is 6.68. The molecular formula is C7H15NS2. The molecule has 0 atom stereocenters. The van der Waals surface area contributed by atoms with Crippen LogP contribution < -0.4 is 5.73 Å². The summed E-state index contributed by atoms with van der Waals surface area (Å²) in [6.45, 7) is 2.20. The summed E-state index contributed by atoms with van der Waals surface area (Å²) in [5.41, 5.74) is 5.33. The van der Waals surface area contributed by atoms with Crippen LogP contribution in [0.2, 0.25) is 0 Å². The lowest BCUT2D eigenvalue weighted by molar-refractivity contribution is 0.896. The van der Waals surface area contributed by atoms with Gasteiger partial charge in [0, 0.05) is 6.42 Å². The normalized spacial score (nSPS) is 9.70. The van der Waals surface area contributed by atoms with E-state index in [1.807, 2.05) is 11.8 Å². The summed E-state index contributed by atoms with van der Waals surface area (Å²) in [6.07, 6.45) is 3.48. The molecule has 0 saturated heterocycles. The third-order valence-corrected chi connectivity index (χ3v) is 2.41. The number of hydrogen-bond acceptors (Lipinski definition) is 2. The molecule has 0 saturated carbocycles. The van der Waals surface area contributed by atoms with Gasteiger partial charge in [0.2, 0.25) is 0 Å². The highest BCUT2D eigenvalue weighted by Gasteiger charge is 1.90. The zero-order chi connectivity index (χ0) is 7.82. The maximum atomic E-state index is 5.33. The van der Waals surface area contributed by atoms with Gasteiger partial charge in [-0.1, -0.05) is 25.6 Å². The minimum Gasteiger partial charge on any atom is -0.393 e. The van der Waals surface area contributed by atoms with Crippen molar-refractivity contribution in [1.82, 2.24) is 0 Å². The Morgan fingerprint density at radius 3 is 2.70 bits per heavy atom. The molecule has 0 aromatic heterocycles. The molecule has 0 amide bonds. The third-order valence-electron chi connectivity index (χ3n) is 1.14. The molecule has 10 heavy (non-hydrogen) atoms. The molecule has 0 bridgehead atoms. The lowest BCUT2D eigenvalue weighted by Gasteiger charge is -1.97. The van der Waals surface area contributed by atoms with Gasteiger partial charge >= 0.3 is 0 Å². The van der Waals surface area contributed by atoms with Gasteiger partial charge in [-0.25, -0.2) is 0 Å². The first-order chi connectivity index (χ1) is 4.77. The monoisotopic (exact) mass is 177 g/mol. The van der Waals surface area contributed by atoms with E-state index in [1.165, 1.54) is 18.6 Å². The van der Waals surface area contributed by atoms with Crippen LogP contribution in [0.4, 0.5) is 0 Å². The average Bonchev–Trinajstić information content (AvgIpc) is 1.87. The van der Waals surface area contributed by atoms with Gasteiger partial charge in [-0.3, -0.25) is 0 Å². The minimum atomic E-state index is 0.643. The van der Waals surface area contributed by atoms with Crippen LogP contribution in [0.1, 0.15) is 26.2 Å². The second-order valence-corrected chi connectivity index (χ2v) is 3.93. The van der Waals surface area contributed by atoms with Crippen LogP contribution >= 0.6 is 24.0 Å². The highest BCUT2D eigenvalue weighted by atomic mass is 32.2. The summed E-state index contributed by atoms with van der Waals surface area (Å²) in [4.78, 5) is 0.643. The lowest BCUT2D eigenvalue weighted by Crippen LogP contribution is -2.08. The predicted octanol–water partition coefficient (Wildman–Crippen LogP) is 2.20. The molecule has 1 nitrogen and oxygen atoms in total. The van der Waals surface area contributed by atoms with Crippen LogP contribution in [0, 0.1) is 0 Å². The van der Waals surface area contributed by atoms with Crippen LogP contribution in [0.5, 0.6) is 0 Å². The van der Waals surface area contributed by atoms with E-state index in [0.29, 0.717) is 4.99 Å². The molecule has 0 unspecified atom stereocenters. The molecule has 3 heteroatoms. The summed E-state index contributed by atoms with van der Waals surface area (Å²) in [5, 5.41) is 0. The van der Waals surface area contributed by atoms with E-state index >= 15 is 0 Å². The Hall–Kier alpha value is 0.240. The first kappa shape index (κ1) is 10.2. The van der Waals surface area contributed by atoms with Gasteiger partial charge in [0.15, 0.2) is 0 Å². The second-order valence-electron chi connectivity index (χ2n) is 2.18. The fraction of sp³-hybridized carbons (Fsp3) is 0.857. The van der Waals surface area contributed by atoms with E-state index in [-0.39, 0.29) is 0 Å². The van der Waals surface area contributed by atoms with Crippen molar-refractivity contribution in [2.24, 2.45) is 5.73 Å². The molecule has 60 valence electrons. The zero-order valence-corrected chi connectivity index (χ0v) is 8.06. The maximum absolute atomic E-state index is 5.33. The van der Waals surface area contributed by atoms with E-state index in [2.05, 4.69) is 6.92 Å². The standard InChI is InChI=1S/C7H15NS2/c1-2-3-5-10-6-4-7(8)9/h2-6H2,1H3,(H2,8,9). The minimum absolute atomic E-state index is 0.643. The van der Waals surface area contributed by atoms with Gasteiger partial charge in [0.25, 0.3) is 0 Å². The molecule has 0 aliphatic heterocycles. The predicted molar refractivity (Wildman–Crippen MR) is 53.6 cm³/mol. The lowest BCUT2D eigenvalue weighted by atomic mass is 10.4. The van der Waals surface area contributed by atoms with E-state index in [0.717, 1.165) is 12.2 Å². The highest BCUT2D eigenvalue weighted by Crippen LogP contribution is 2.05. The fourth-order valence-electron chi connectivity index (χ4n) is 0.521. The first-order valence-corrected chi connectivity index (χ1v) is 5.19. The maximum Gasteiger partial charge on any atom is 0.0735 e.